The summed E-state index contributed by atoms with van der Waals surface area (Å²) in [4.78, 5) is 11.1. The van der Waals surface area contributed by atoms with Crippen LogP contribution in [0.2, 0.25) is 0 Å². The van der Waals surface area contributed by atoms with Crippen molar-refractivity contribution in [2.75, 3.05) is 6.61 Å². The molecule has 65 valence electrons. The van der Waals surface area contributed by atoms with Gasteiger partial charge in [-0.25, -0.2) is 4.79 Å². The average molecular weight is 167 g/mol. The Morgan fingerprint density at radius 3 is 3.08 bits per heavy atom. The van der Waals surface area contributed by atoms with Gasteiger partial charge in [0.1, 0.15) is 6.26 Å². The fraction of sp³-hybridized carbons (Fsp3) is 0.333. The van der Waals surface area contributed by atoms with Crippen molar-refractivity contribution < 1.29 is 13.9 Å². The maximum absolute atomic E-state index is 11.1. The van der Waals surface area contributed by atoms with Crippen molar-refractivity contribution in [1.82, 2.24) is 0 Å². The van der Waals surface area contributed by atoms with Gasteiger partial charge in [-0.2, -0.15) is 0 Å². The first-order chi connectivity index (χ1) is 5.84. The molecule has 0 aliphatic heterocycles. The lowest BCUT2D eigenvalue weighted by Crippen LogP contribution is -2.04. The Bertz CT molecular complexity index is 226. The van der Waals surface area contributed by atoms with Crippen molar-refractivity contribution in [3.05, 3.63) is 31.1 Å². The van der Waals surface area contributed by atoms with Crippen LogP contribution in [0.5, 0.6) is 0 Å². The molecule has 0 fully saturated rings. The topological polar surface area (TPSA) is 39.4 Å². The predicted octanol–water partition coefficient (Wildman–Crippen LogP) is 2.05. The molecule has 1 radical (unpaired) electrons. The Morgan fingerprint density at radius 2 is 2.50 bits per heavy atom. The summed E-state index contributed by atoms with van der Waals surface area (Å²) in [5, 5.41) is 0. The van der Waals surface area contributed by atoms with Gasteiger partial charge in [0.05, 0.1) is 18.4 Å². The molecule has 0 aliphatic rings. The van der Waals surface area contributed by atoms with Crippen LogP contribution in [0.4, 0.5) is 0 Å². The van der Waals surface area contributed by atoms with E-state index >= 15 is 0 Å². The van der Waals surface area contributed by atoms with E-state index in [1.54, 1.807) is 6.07 Å². The first-order valence-electron chi connectivity index (χ1n) is 3.83. The first kappa shape index (κ1) is 8.84. The van der Waals surface area contributed by atoms with Crippen molar-refractivity contribution >= 4 is 5.97 Å². The summed E-state index contributed by atoms with van der Waals surface area (Å²) in [6.07, 6.45) is 4.38. The zero-order valence-corrected chi connectivity index (χ0v) is 6.79. The SMILES string of the molecule is [CH2]CCCOC(=O)c1ccoc1. The van der Waals surface area contributed by atoms with Crippen LogP contribution in [0.15, 0.2) is 23.0 Å². The molecule has 0 aromatic carbocycles. The lowest BCUT2D eigenvalue weighted by molar-refractivity contribution is 0.0500. The Morgan fingerprint density at radius 1 is 1.67 bits per heavy atom. The Kier molecular flexibility index (Phi) is 3.38. The van der Waals surface area contributed by atoms with Crippen molar-refractivity contribution in [2.45, 2.75) is 12.8 Å². The highest BCUT2D eigenvalue weighted by Crippen LogP contribution is 2.02. The van der Waals surface area contributed by atoms with Crippen LogP contribution in [-0.4, -0.2) is 12.6 Å². The lowest BCUT2D eigenvalue weighted by Gasteiger charge is -1.99. The van der Waals surface area contributed by atoms with E-state index in [0.717, 1.165) is 12.8 Å². The van der Waals surface area contributed by atoms with E-state index in [1.165, 1.54) is 12.5 Å². The van der Waals surface area contributed by atoms with Gasteiger partial charge in [-0.05, 0) is 12.5 Å². The van der Waals surface area contributed by atoms with E-state index in [-0.39, 0.29) is 5.97 Å². The molecular formula is C9H11O3. The lowest BCUT2D eigenvalue weighted by atomic mass is 10.3. The molecule has 1 heterocycles. The zero-order valence-electron chi connectivity index (χ0n) is 6.79. The molecule has 12 heavy (non-hydrogen) atoms. The molecule has 0 saturated carbocycles. The number of esters is 1. The summed E-state index contributed by atoms with van der Waals surface area (Å²) in [6.45, 7) is 4.06. The van der Waals surface area contributed by atoms with Crippen LogP contribution in [0.1, 0.15) is 23.2 Å². The van der Waals surface area contributed by atoms with Gasteiger partial charge in [-0.15, -0.1) is 0 Å². The van der Waals surface area contributed by atoms with Gasteiger partial charge in [0.25, 0.3) is 0 Å². The van der Waals surface area contributed by atoms with E-state index in [1.807, 2.05) is 0 Å². The molecule has 0 spiro atoms. The number of carbonyl (C=O) groups excluding carboxylic acids is 1. The van der Waals surface area contributed by atoms with Crippen molar-refractivity contribution in [2.24, 2.45) is 0 Å². The summed E-state index contributed by atoms with van der Waals surface area (Å²) in [7, 11) is 0. The quantitative estimate of drug-likeness (QED) is 0.509. The highest BCUT2D eigenvalue weighted by Gasteiger charge is 2.06. The Hall–Kier alpha value is -1.25. The second-order valence-electron chi connectivity index (χ2n) is 2.36. The Balaban J connectivity index is 2.30. The maximum Gasteiger partial charge on any atom is 0.341 e. The molecule has 0 bridgehead atoms. The number of unbranched alkanes of at least 4 members (excludes halogenated alkanes) is 1. The molecular weight excluding hydrogens is 156 g/mol. The summed E-state index contributed by atoms with van der Waals surface area (Å²) < 4.78 is 9.62. The third kappa shape index (κ3) is 2.42. The highest BCUT2D eigenvalue weighted by molar-refractivity contribution is 5.88. The van der Waals surface area contributed by atoms with E-state index in [0.29, 0.717) is 12.2 Å². The minimum atomic E-state index is -0.336. The number of rotatable bonds is 4. The van der Waals surface area contributed by atoms with E-state index in [4.69, 9.17) is 9.15 Å². The number of hydrogen-bond donors (Lipinski definition) is 0. The normalized spacial score (nSPS) is 9.75. The van der Waals surface area contributed by atoms with Crippen LogP contribution in [0, 0.1) is 6.92 Å². The largest absolute Gasteiger partial charge is 0.472 e. The van der Waals surface area contributed by atoms with Gasteiger partial charge >= 0.3 is 5.97 Å². The molecule has 0 amide bonds. The fourth-order valence-corrected chi connectivity index (χ4v) is 0.731. The van der Waals surface area contributed by atoms with E-state index < -0.39 is 0 Å². The van der Waals surface area contributed by atoms with Crippen molar-refractivity contribution in [3.8, 4) is 0 Å². The van der Waals surface area contributed by atoms with Gasteiger partial charge in [-0.3, -0.25) is 0 Å². The first-order valence-corrected chi connectivity index (χ1v) is 3.83. The van der Waals surface area contributed by atoms with Gasteiger partial charge in [0.2, 0.25) is 0 Å². The average Bonchev–Trinajstić information content (AvgIpc) is 2.56. The molecule has 1 rings (SSSR count). The highest BCUT2D eigenvalue weighted by atomic mass is 16.5. The van der Waals surface area contributed by atoms with E-state index in [2.05, 4.69) is 6.92 Å². The number of ether oxygens (including phenoxy) is 1. The maximum atomic E-state index is 11.1. The number of carbonyl (C=O) groups is 1. The molecule has 3 nitrogen and oxygen atoms in total. The van der Waals surface area contributed by atoms with Gasteiger partial charge in [0, 0.05) is 0 Å². The Labute approximate surface area is 71.3 Å². The molecule has 0 N–H and O–H groups in total. The molecule has 0 unspecified atom stereocenters. The zero-order chi connectivity index (χ0) is 8.81. The monoisotopic (exact) mass is 167 g/mol. The summed E-state index contributed by atoms with van der Waals surface area (Å²) in [5.74, 6) is -0.336. The second kappa shape index (κ2) is 4.59. The van der Waals surface area contributed by atoms with Crippen LogP contribution < -0.4 is 0 Å². The molecule has 0 saturated heterocycles. The molecule has 0 atom stereocenters. The van der Waals surface area contributed by atoms with E-state index in [9.17, 15) is 4.79 Å². The van der Waals surface area contributed by atoms with Crippen LogP contribution in [-0.2, 0) is 4.74 Å². The van der Waals surface area contributed by atoms with Crippen LogP contribution in [0.25, 0.3) is 0 Å². The summed E-state index contributed by atoms with van der Waals surface area (Å²) in [5.41, 5.74) is 0.457. The molecule has 1 aromatic heterocycles. The smallest absolute Gasteiger partial charge is 0.341 e. The molecule has 3 heteroatoms. The van der Waals surface area contributed by atoms with Gasteiger partial charge < -0.3 is 9.15 Å². The van der Waals surface area contributed by atoms with Gasteiger partial charge in [0.15, 0.2) is 0 Å². The minimum absolute atomic E-state index is 0.336. The standard InChI is InChI=1S/C9H11O3/c1-2-3-5-12-9(10)8-4-6-11-7-8/h4,6-7H,1-3,5H2. The number of furan rings is 1. The summed E-state index contributed by atoms with van der Waals surface area (Å²) in [6, 6.07) is 1.58. The molecule has 0 aliphatic carbocycles. The minimum Gasteiger partial charge on any atom is -0.472 e. The van der Waals surface area contributed by atoms with Crippen LogP contribution in [0.3, 0.4) is 0 Å². The van der Waals surface area contributed by atoms with Crippen molar-refractivity contribution in [3.63, 3.8) is 0 Å². The van der Waals surface area contributed by atoms with Crippen LogP contribution >= 0.6 is 0 Å². The predicted molar refractivity (Wildman–Crippen MR) is 43.6 cm³/mol. The number of hydrogen-bond acceptors (Lipinski definition) is 3. The summed E-state index contributed by atoms with van der Waals surface area (Å²) >= 11 is 0. The molecule has 1 aromatic rings. The third-order valence-electron chi connectivity index (χ3n) is 1.38. The van der Waals surface area contributed by atoms with Gasteiger partial charge in [-0.1, -0.05) is 13.3 Å². The van der Waals surface area contributed by atoms with Crippen molar-refractivity contribution in [1.29, 1.82) is 0 Å². The third-order valence-corrected chi connectivity index (χ3v) is 1.38. The second-order valence-corrected chi connectivity index (χ2v) is 2.36. The fourth-order valence-electron chi connectivity index (χ4n) is 0.731.